The lowest BCUT2D eigenvalue weighted by atomic mass is 10.0. The second-order valence-electron chi connectivity index (χ2n) is 3.51. The van der Waals surface area contributed by atoms with Crippen LogP contribution in [0.5, 0.6) is 0 Å². The normalized spacial score (nSPS) is 16.5. The van der Waals surface area contributed by atoms with Crippen molar-refractivity contribution in [3.63, 3.8) is 0 Å². The Hall–Kier alpha value is -0.740. The summed E-state index contributed by atoms with van der Waals surface area (Å²) >= 11 is 3.24. The first kappa shape index (κ1) is 10.8. The molecule has 0 saturated carbocycles. The van der Waals surface area contributed by atoms with Crippen molar-refractivity contribution < 1.29 is 4.39 Å². The lowest BCUT2D eigenvalue weighted by Crippen LogP contribution is -2.23. The first-order chi connectivity index (χ1) is 7.27. The van der Waals surface area contributed by atoms with E-state index < -0.39 is 0 Å². The standard InChI is InChI=1S/C11H12BrFN2/c12-10-3-1-2-9(15-10)11(13)8-4-6-14-7-5-8/h1-3,14H,4-7H2. The fourth-order valence-electron chi connectivity index (χ4n) is 1.66. The van der Waals surface area contributed by atoms with Crippen molar-refractivity contribution in [2.75, 3.05) is 13.1 Å². The van der Waals surface area contributed by atoms with E-state index in [1.54, 1.807) is 18.2 Å². The zero-order chi connectivity index (χ0) is 10.7. The van der Waals surface area contributed by atoms with E-state index in [0.29, 0.717) is 10.3 Å². The van der Waals surface area contributed by atoms with Crippen molar-refractivity contribution in [1.29, 1.82) is 0 Å². The van der Waals surface area contributed by atoms with Crippen molar-refractivity contribution in [2.45, 2.75) is 12.8 Å². The van der Waals surface area contributed by atoms with Crippen LogP contribution >= 0.6 is 15.9 Å². The van der Waals surface area contributed by atoms with Gasteiger partial charge in [0.15, 0.2) is 0 Å². The smallest absolute Gasteiger partial charge is 0.148 e. The maximum atomic E-state index is 14.0. The molecule has 0 atom stereocenters. The molecule has 0 unspecified atom stereocenters. The van der Waals surface area contributed by atoms with Gasteiger partial charge >= 0.3 is 0 Å². The third-order valence-electron chi connectivity index (χ3n) is 2.46. The molecular formula is C11H12BrFN2. The van der Waals surface area contributed by atoms with Crippen LogP contribution in [0.2, 0.25) is 0 Å². The summed E-state index contributed by atoms with van der Waals surface area (Å²) < 4.78 is 14.6. The minimum absolute atomic E-state index is 0.155. The predicted octanol–water partition coefficient (Wildman–Crippen LogP) is 2.91. The largest absolute Gasteiger partial charge is 0.316 e. The van der Waals surface area contributed by atoms with Crippen LogP contribution in [-0.4, -0.2) is 18.1 Å². The third kappa shape index (κ3) is 2.63. The van der Waals surface area contributed by atoms with Crippen molar-refractivity contribution in [2.24, 2.45) is 0 Å². The Labute approximate surface area is 96.7 Å². The van der Waals surface area contributed by atoms with E-state index in [1.165, 1.54) is 0 Å². The van der Waals surface area contributed by atoms with E-state index in [-0.39, 0.29) is 5.83 Å². The average Bonchev–Trinajstić information content (AvgIpc) is 2.29. The molecule has 1 saturated heterocycles. The Kier molecular flexibility index (Phi) is 3.49. The van der Waals surface area contributed by atoms with Gasteiger partial charge in [-0.2, -0.15) is 0 Å². The quantitative estimate of drug-likeness (QED) is 0.794. The molecule has 1 aromatic rings. The molecule has 1 fully saturated rings. The van der Waals surface area contributed by atoms with E-state index in [2.05, 4.69) is 26.2 Å². The fourth-order valence-corrected chi connectivity index (χ4v) is 2.00. The van der Waals surface area contributed by atoms with Gasteiger partial charge in [0.25, 0.3) is 0 Å². The molecule has 0 bridgehead atoms. The van der Waals surface area contributed by atoms with E-state index in [9.17, 15) is 4.39 Å². The zero-order valence-corrected chi connectivity index (χ0v) is 9.85. The Balaban J connectivity index is 2.29. The molecule has 15 heavy (non-hydrogen) atoms. The summed E-state index contributed by atoms with van der Waals surface area (Å²) in [6, 6.07) is 5.30. The van der Waals surface area contributed by atoms with Crippen LogP contribution in [0.15, 0.2) is 28.4 Å². The highest BCUT2D eigenvalue weighted by Crippen LogP contribution is 2.25. The highest BCUT2D eigenvalue weighted by Gasteiger charge is 2.13. The highest BCUT2D eigenvalue weighted by atomic mass is 79.9. The second-order valence-corrected chi connectivity index (χ2v) is 4.33. The number of nitrogens with zero attached hydrogens (tertiary/aromatic N) is 1. The molecule has 2 rings (SSSR count). The Bertz CT molecular complexity index is 382. The van der Waals surface area contributed by atoms with Gasteiger partial charge in [-0.1, -0.05) is 6.07 Å². The first-order valence-electron chi connectivity index (χ1n) is 4.98. The van der Waals surface area contributed by atoms with Crippen LogP contribution in [0.4, 0.5) is 4.39 Å². The van der Waals surface area contributed by atoms with Gasteiger partial charge in [0.05, 0.1) is 5.69 Å². The Morgan fingerprint density at radius 1 is 1.33 bits per heavy atom. The van der Waals surface area contributed by atoms with Gasteiger partial charge in [0.1, 0.15) is 10.4 Å². The van der Waals surface area contributed by atoms with E-state index in [1.807, 2.05) is 0 Å². The van der Waals surface area contributed by atoms with Crippen molar-refractivity contribution in [1.82, 2.24) is 10.3 Å². The summed E-state index contributed by atoms with van der Waals surface area (Å²) in [5, 5.41) is 3.20. The molecule has 2 heterocycles. The topological polar surface area (TPSA) is 24.9 Å². The van der Waals surface area contributed by atoms with Gasteiger partial charge in [-0.3, -0.25) is 0 Å². The van der Waals surface area contributed by atoms with E-state index in [0.717, 1.165) is 31.5 Å². The van der Waals surface area contributed by atoms with Gasteiger partial charge in [-0.25, -0.2) is 9.37 Å². The summed E-state index contributed by atoms with van der Waals surface area (Å²) in [6.07, 6.45) is 1.56. The molecule has 0 aromatic carbocycles. The summed E-state index contributed by atoms with van der Waals surface area (Å²) in [5.74, 6) is -0.155. The number of hydrogen-bond donors (Lipinski definition) is 1. The van der Waals surface area contributed by atoms with Crippen molar-refractivity contribution in [3.05, 3.63) is 34.1 Å². The number of hydrogen-bond acceptors (Lipinski definition) is 2. The SMILES string of the molecule is FC(=C1CCNCC1)c1cccc(Br)n1. The Morgan fingerprint density at radius 2 is 2.07 bits per heavy atom. The summed E-state index contributed by atoms with van der Waals surface area (Å²) in [5.41, 5.74) is 1.31. The molecule has 0 amide bonds. The number of aromatic nitrogens is 1. The van der Waals surface area contributed by atoms with Crippen molar-refractivity contribution >= 4 is 21.8 Å². The lowest BCUT2D eigenvalue weighted by Gasteiger charge is -2.16. The molecule has 4 heteroatoms. The third-order valence-corrected chi connectivity index (χ3v) is 2.90. The van der Waals surface area contributed by atoms with E-state index in [4.69, 9.17) is 0 Å². The van der Waals surface area contributed by atoms with Gasteiger partial charge in [-0.15, -0.1) is 0 Å². The van der Waals surface area contributed by atoms with Crippen LogP contribution < -0.4 is 5.32 Å². The maximum Gasteiger partial charge on any atom is 0.148 e. The van der Waals surface area contributed by atoms with Crippen LogP contribution in [0, 0.1) is 0 Å². The number of nitrogens with one attached hydrogen (secondary N) is 1. The molecular weight excluding hydrogens is 259 g/mol. The van der Waals surface area contributed by atoms with Crippen LogP contribution in [0.1, 0.15) is 18.5 Å². The van der Waals surface area contributed by atoms with Gasteiger partial charge < -0.3 is 5.32 Å². The minimum atomic E-state index is -0.155. The zero-order valence-electron chi connectivity index (χ0n) is 8.26. The molecule has 1 aliphatic rings. The predicted molar refractivity (Wildman–Crippen MR) is 62.1 cm³/mol. The number of rotatable bonds is 1. The molecule has 0 radical (unpaired) electrons. The molecule has 1 aromatic heterocycles. The van der Waals surface area contributed by atoms with Crippen LogP contribution in [0.25, 0.3) is 5.83 Å². The van der Waals surface area contributed by atoms with Crippen LogP contribution in [-0.2, 0) is 0 Å². The summed E-state index contributed by atoms with van der Waals surface area (Å²) in [4.78, 5) is 4.11. The van der Waals surface area contributed by atoms with Crippen LogP contribution in [0.3, 0.4) is 0 Å². The monoisotopic (exact) mass is 270 g/mol. The highest BCUT2D eigenvalue weighted by molar-refractivity contribution is 9.10. The molecule has 0 spiro atoms. The molecule has 1 aliphatic heterocycles. The summed E-state index contributed by atoms with van der Waals surface area (Å²) in [6.45, 7) is 1.72. The number of piperidine rings is 1. The second kappa shape index (κ2) is 4.86. The fraction of sp³-hybridized carbons (Fsp3) is 0.364. The van der Waals surface area contributed by atoms with Gasteiger partial charge in [0, 0.05) is 0 Å². The van der Waals surface area contributed by atoms with E-state index >= 15 is 0 Å². The first-order valence-corrected chi connectivity index (χ1v) is 5.78. The number of halogens is 2. The molecule has 1 N–H and O–H groups in total. The average molecular weight is 271 g/mol. The molecule has 0 aliphatic carbocycles. The number of pyridine rings is 1. The molecule has 80 valence electrons. The lowest BCUT2D eigenvalue weighted by molar-refractivity contribution is 0.595. The Morgan fingerprint density at radius 3 is 2.73 bits per heavy atom. The van der Waals surface area contributed by atoms with Gasteiger partial charge in [-0.05, 0) is 59.6 Å². The van der Waals surface area contributed by atoms with Gasteiger partial charge in [0.2, 0.25) is 0 Å². The molecule has 2 nitrogen and oxygen atoms in total. The minimum Gasteiger partial charge on any atom is -0.316 e. The van der Waals surface area contributed by atoms with Crippen molar-refractivity contribution in [3.8, 4) is 0 Å². The maximum absolute atomic E-state index is 14.0. The summed E-state index contributed by atoms with van der Waals surface area (Å²) in [7, 11) is 0.